The van der Waals surface area contributed by atoms with Crippen LogP contribution in [0.15, 0.2) is 0 Å². The van der Waals surface area contributed by atoms with Crippen molar-refractivity contribution >= 4 is 6.03 Å². The molecule has 0 saturated heterocycles. The van der Waals surface area contributed by atoms with Gasteiger partial charge in [0.2, 0.25) is 0 Å². The number of aliphatic hydroxyl groups excluding tert-OH is 1. The Morgan fingerprint density at radius 3 is 2.47 bits per heavy atom. The fourth-order valence-electron chi connectivity index (χ4n) is 2.14. The summed E-state index contributed by atoms with van der Waals surface area (Å²) in [6.07, 6.45) is 3.81. The zero-order valence-electron chi connectivity index (χ0n) is 11.3. The number of aliphatic hydroxyl groups is 1. The van der Waals surface area contributed by atoms with Crippen molar-refractivity contribution in [1.29, 1.82) is 0 Å². The van der Waals surface area contributed by atoms with Gasteiger partial charge in [-0.2, -0.15) is 0 Å². The van der Waals surface area contributed by atoms with Gasteiger partial charge in [0.05, 0.1) is 6.10 Å². The average Bonchev–Trinajstić information content (AvgIpc) is 3.07. The number of hydrogen-bond donors (Lipinski definition) is 3. The molecular weight excluding hydrogens is 216 g/mol. The molecule has 0 spiro atoms. The maximum Gasteiger partial charge on any atom is 0.314 e. The molecule has 0 bridgehead atoms. The number of hydrogen-bond acceptors (Lipinski definition) is 2. The molecule has 0 aromatic carbocycles. The van der Waals surface area contributed by atoms with Gasteiger partial charge in [0.25, 0.3) is 0 Å². The molecule has 4 nitrogen and oxygen atoms in total. The van der Waals surface area contributed by atoms with Crippen LogP contribution in [0.2, 0.25) is 0 Å². The summed E-state index contributed by atoms with van der Waals surface area (Å²) in [5, 5.41) is 15.8. The lowest BCUT2D eigenvalue weighted by atomic mass is 9.90. The summed E-state index contributed by atoms with van der Waals surface area (Å²) < 4.78 is 0. The van der Waals surface area contributed by atoms with Crippen LogP contribution in [0, 0.1) is 11.3 Å². The van der Waals surface area contributed by atoms with Gasteiger partial charge >= 0.3 is 6.03 Å². The maximum absolute atomic E-state index is 11.5. The summed E-state index contributed by atoms with van der Waals surface area (Å²) in [5.74, 6) is 0.252. The Bertz CT molecular complexity index is 250. The predicted octanol–water partition coefficient (Wildman–Crippen LogP) is 1.88. The van der Waals surface area contributed by atoms with Crippen LogP contribution in [-0.2, 0) is 0 Å². The van der Waals surface area contributed by atoms with Gasteiger partial charge in [0.15, 0.2) is 0 Å². The second-order valence-corrected chi connectivity index (χ2v) is 5.51. The van der Waals surface area contributed by atoms with E-state index >= 15 is 0 Å². The molecule has 1 rings (SSSR count). The first-order valence-electron chi connectivity index (χ1n) is 6.71. The minimum absolute atomic E-state index is 0.0593. The van der Waals surface area contributed by atoms with Crippen molar-refractivity contribution in [2.45, 2.75) is 52.6 Å². The highest BCUT2D eigenvalue weighted by Crippen LogP contribution is 2.50. The Hall–Kier alpha value is -0.770. The van der Waals surface area contributed by atoms with Crippen molar-refractivity contribution in [1.82, 2.24) is 10.6 Å². The van der Waals surface area contributed by atoms with Gasteiger partial charge in [-0.05, 0) is 25.2 Å². The molecule has 1 aliphatic rings. The van der Waals surface area contributed by atoms with Gasteiger partial charge in [-0.3, -0.25) is 0 Å². The van der Waals surface area contributed by atoms with Crippen molar-refractivity contribution in [2.24, 2.45) is 11.3 Å². The molecule has 1 saturated carbocycles. The summed E-state index contributed by atoms with van der Waals surface area (Å²) in [7, 11) is 0. The van der Waals surface area contributed by atoms with Crippen molar-refractivity contribution < 1.29 is 9.90 Å². The number of carbonyl (C=O) groups is 1. The van der Waals surface area contributed by atoms with E-state index in [0.29, 0.717) is 6.54 Å². The first-order chi connectivity index (χ1) is 8.02. The molecule has 4 heteroatoms. The highest BCUT2D eigenvalue weighted by Gasteiger charge is 2.49. The first-order valence-corrected chi connectivity index (χ1v) is 6.71. The van der Waals surface area contributed by atoms with Crippen LogP contribution in [0.25, 0.3) is 0 Å². The van der Waals surface area contributed by atoms with E-state index in [-0.39, 0.29) is 23.5 Å². The van der Waals surface area contributed by atoms with Gasteiger partial charge in [-0.15, -0.1) is 0 Å². The first kappa shape index (κ1) is 14.3. The normalized spacial score (nSPS) is 18.9. The number of carbonyl (C=O) groups excluding carboxylic acids is 1. The van der Waals surface area contributed by atoms with Gasteiger partial charge in [0.1, 0.15) is 0 Å². The van der Waals surface area contributed by atoms with Crippen LogP contribution in [0.4, 0.5) is 4.79 Å². The summed E-state index contributed by atoms with van der Waals surface area (Å²) in [4.78, 5) is 11.5. The van der Waals surface area contributed by atoms with Crippen LogP contribution in [0.1, 0.15) is 46.5 Å². The van der Waals surface area contributed by atoms with Gasteiger partial charge in [-0.1, -0.05) is 27.2 Å². The lowest BCUT2D eigenvalue weighted by molar-refractivity contribution is 0.0515. The maximum atomic E-state index is 11.5. The van der Waals surface area contributed by atoms with E-state index in [1.54, 1.807) is 0 Å². The van der Waals surface area contributed by atoms with Gasteiger partial charge in [0, 0.05) is 18.5 Å². The van der Waals surface area contributed by atoms with E-state index in [0.717, 1.165) is 32.2 Å². The molecule has 0 aromatic heterocycles. The third-order valence-electron chi connectivity index (χ3n) is 3.57. The smallest absolute Gasteiger partial charge is 0.314 e. The molecule has 100 valence electrons. The number of urea groups is 1. The highest BCUT2D eigenvalue weighted by molar-refractivity contribution is 5.73. The van der Waals surface area contributed by atoms with E-state index in [2.05, 4.69) is 17.6 Å². The Morgan fingerprint density at radius 1 is 1.35 bits per heavy atom. The van der Waals surface area contributed by atoms with Crippen molar-refractivity contribution in [3.05, 3.63) is 0 Å². The fourth-order valence-corrected chi connectivity index (χ4v) is 2.14. The van der Waals surface area contributed by atoms with Crippen LogP contribution in [0.3, 0.4) is 0 Å². The zero-order valence-corrected chi connectivity index (χ0v) is 11.3. The van der Waals surface area contributed by atoms with E-state index in [1.165, 1.54) is 0 Å². The molecule has 2 amide bonds. The molecule has 0 aromatic rings. The summed E-state index contributed by atoms with van der Waals surface area (Å²) >= 11 is 0. The Kier molecular flexibility index (Phi) is 5.25. The lowest BCUT2D eigenvalue weighted by Gasteiger charge is -2.25. The molecule has 0 unspecified atom stereocenters. The monoisotopic (exact) mass is 242 g/mol. The standard InChI is InChI=1S/C13H26N2O2/c1-4-5-8-14-12(17)15-9-13(6-7-13)11(16)10(2)3/h10-11,16H,4-9H2,1-3H3,(H2,14,15,17)/t11-/m0/s1. The number of amides is 2. The van der Waals surface area contributed by atoms with E-state index in [4.69, 9.17) is 0 Å². The Balaban J connectivity index is 2.23. The molecule has 0 heterocycles. The number of nitrogens with one attached hydrogen (secondary N) is 2. The van der Waals surface area contributed by atoms with Crippen LogP contribution in [-0.4, -0.2) is 30.3 Å². The van der Waals surface area contributed by atoms with Gasteiger partial charge in [-0.25, -0.2) is 4.79 Å². The lowest BCUT2D eigenvalue weighted by Crippen LogP contribution is -2.43. The third-order valence-corrected chi connectivity index (χ3v) is 3.57. The summed E-state index contributed by atoms with van der Waals surface area (Å²) in [6.45, 7) is 7.45. The van der Waals surface area contributed by atoms with E-state index in [1.807, 2.05) is 13.8 Å². The molecule has 0 radical (unpaired) electrons. The highest BCUT2D eigenvalue weighted by atomic mass is 16.3. The van der Waals surface area contributed by atoms with Crippen LogP contribution in [0.5, 0.6) is 0 Å². The van der Waals surface area contributed by atoms with E-state index in [9.17, 15) is 9.90 Å². The SMILES string of the molecule is CCCCNC(=O)NCC1([C@@H](O)C(C)C)CC1. The molecule has 1 aliphatic carbocycles. The second kappa shape index (κ2) is 6.24. The minimum atomic E-state index is -0.307. The zero-order chi connectivity index (χ0) is 12.9. The van der Waals surface area contributed by atoms with Crippen LogP contribution >= 0.6 is 0 Å². The molecule has 17 heavy (non-hydrogen) atoms. The predicted molar refractivity (Wildman–Crippen MR) is 68.8 cm³/mol. The van der Waals surface area contributed by atoms with Crippen molar-refractivity contribution in [3.63, 3.8) is 0 Å². The Labute approximate surface area is 104 Å². The van der Waals surface area contributed by atoms with Gasteiger partial charge < -0.3 is 15.7 Å². The van der Waals surface area contributed by atoms with Crippen molar-refractivity contribution in [3.8, 4) is 0 Å². The second-order valence-electron chi connectivity index (χ2n) is 5.51. The Morgan fingerprint density at radius 2 is 2.00 bits per heavy atom. The number of rotatable bonds is 7. The quantitative estimate of drug-likeness (QED) is 0.597. The molecule has 0 aliphatic heterocycles. The van der Waals surface area contributed by atoms with Crippen molar-refractivity contribution in [2.75, 3.05) is 13.1 Å². The molecular formula is C13H26N2O2. The minimum Gasteiger partial charge on any atom is -0.392 e. The molecule has 1 fully saturated rings. The van der Waals surface area contributed by atoms with Crippen LogP contribution < -0.4 is 10.6 Å². The summed E-state index contributed by atoms with van der Waals surface area (Å²) in [5.41, 5.74) is -0.0593. The van der Waals surface area contributed by atoms with E-state index < -0.39 is 0 Å². The summed E-state index contributed by atoms with van der Waals surface area (Å²) in [6, 6.07) is -0.110. The largest absolute Gasteiger partial charge is 0.392 e. The topological polar surface area (TPSA) is 61.4 Å². The molecule has 3 N–H and O–H groups in total. The molecule has 1 atom stereocenters. The fraction of sp³-hybridized carbons (Fsp3) is 0.923. The third kappa shape index (κ3) is 4.19. The average molecular weight is 242 g/mol. The number of unbranched alkanes of at least 4 members (excludes halogenated alkanes) is 1.